The predicted molar refractivity (Wildman–Crippen MR) is 103 cm³/mol. The molecule has 2 atom stereocenters. The van der Waals surface area contributed by atoms with E-state index in [-0.39, 0.29) is 23.2 Å². The standard InChI is InChI=1S/C21H13NO4S/c23-13-6-8-16-19(10-13)26-18-4-2-1-3-15(18)20(16)14-7-5-12(22-11-27)9-17(14)21(24)25/h1-10,16,20H,(H,24,25). The highest BCUT2D eigenvalue weighted by molar-refractivity contribution is 7.78. The second kappa shape index (κ2) is 6.76. The summed E-state index contributed by atoms with van der Waals surface area (Å²) in [6.45, 7) is 0. The molecule has 1 N–H and O–H groups in total. The number of aliphatic imine (C=N–C) groups is 1. The molecule has 0 amide bonds. The van der Waals surface area contributed by atoms with Crippen molar-refractivity contribution in [3.8, 4) is 5.75 Å². The van der Waals surface area contributed by atoms with Crippen LogP contribution in [0.1, 0.15) is 27.4 Å². The van der Waals surface area contributed by atoms with Gasteiger partial charge in [0.2, 0.25) is 0 Å². The topological polar surface area (TPSA) is 76.0 Å². The quantitative estimate of drug-likeness (QED) is 0.640. The summed E-state index contributed by atoms with van der Waals surface area (Å²) in [6, 6.07) is 12.4. The fourth-order valence-electron chi connectivity index (χ4n) is 3.59. The number of hydrogen-bond acceptors (Lipinski definition) is 5. The molecule has 5 nitrogen and oxygen atoms in total. The highest BCUT2D eigenvalue weighted by Gasteiger charge is 2.38. The summed E-state index contributed by atoms with van der Waals surface area (Å²) in [5, 5.41) is 12.0. The third kappa shape index (κ3) is 3.01. The fraction of sp³-hybridized carbons (Fsp3) is 0.0952. The maximum Gasteiger partial charge on any atom is 0.336 e. The van der Waals surface area contributed by atoms with Gasteiger partial charge < -0.3 is 9.84 Å². The number of hydrogen-bond donors (Lipinski definition) is 1. The molecule has 6 heteroatoms. The van der Waals surface area contributed by atoms with Crippen molar-refractivity contribution in [2.24, 2.45) is 10.9 Å². The van der Waals surface area contributed by atoms with Crippen molar-refractivity contribution in [2.45, 2.75) is 5.92 Å². The van der Waals surface area contributed by atoms with Crippen molar-refractivity contribution in [3.05, 3.63) is 83.1 Å². The van der Waals surface area contributed by atoms with Crippen LogP contribution in [0.15, 0.2) is 71.4 Å². The number of nitrogens with zero attached hydrogens (tertiary/aromatic N) is 1. The lowest BCUT2D eigenvalue weighted by atomic mass is 9.74. The molecule has 2 aromatic rings. The van der Waals surface area contributed by atoms with E-state index in [1.165, 1.54) is 18.2 Å². The first-order valence-electron chi connectivity index (χ1n) is 8.24. The maximum absolute atomic E-state index is 11.9. The first-order valence-corrected chi connectivity index (χ1v) is 8.65. The number of fused-ring (bicyclic) bond motifs is 2. The van der Waals surface area contributed by atoms with Gasteiger partial charge in [0.15, 0.2) is 5.78 Å². The number of ketones is 1. The van der Waals surface area contributed by atoms with Crippen molar-refractivity contribution in [3.63, 3.8) is 0 Å². The van der Waals surface area contributed by atoms with E-state index in [4.69, 9.17) is 4.74 Å². The summed E-state index contributed by atoms with van der Waals surface area (Å²) in [4.78, 5) is 27.6. The van der Waals surface area contributed by atoms with Gasteiger partial charge in [-0.2, -0.15) is 4.99 Å². The number of para-hydroxylation sites is 1. The average molecular weight is 375 g/mol. The fourth-order valence-corrected chi connectivity index (χ4v) is 3.69. The van der Waals surface area contributed by atoms with E-state index in [1.807, 2.05) is 24.3 Å². The minimum Gasteiger partial charge on any atom is -0.478 e. The maximum atomic E-state index is 11.9. The van der Waals surface area contributed by atoms with Crippen molar-refractivity contribution in [1.29, 1.82) is 0 Å². The second-order valence-electron chi connectivity index (χ2n) is 6.23. The van der Waals surface area contributed by atoms with E-state index in [0.717, 1.165) is 5.56 Å². The van der Waals surface area contributed by atoms with Crippen LogP contribution in [0.4, 0.5) is 5.69 Å². The molecule has 2 unspecified atom stereocenters. The second-order valence-corrected chi connectivity index (χ2v) is 6.41. The number of aromatic carboxylic acids is 1. The monoisotopic (exact) mass is 375 g/mol. The lowest BCUT2D eigenvalue weighted by Gasteiger charge is -2.35. The Bertz CT molecular complexity index is 1080. The molecule has 2 aromatic carbocycles. The third-order valence-electron chi connectivity index (χ3n) is 4.70. The third-order valence-corrected chi connectivity index (χ3v) is 4.79. The smallest absolute Gasteiger partial charge is 0.336 e. The van der Waals surface area contributed by atoms with E-state index in [1.54, 1.807) is 18.2 Å². The van der Waals surface area contributed by atoms with E-state index < -0.39 is 5.97 Å². The number of ether oxygens (including phenoxy) is 1. The van der Waals surface area contributed by atoms with Crippen molar-refractivity contribution < 1.29 is 19.4 Å². The molecule has 132 valence electrons. The molecule has 0 saturated carbocycles. The van der Waals surface area contributed by atoms with Crippen LogP contribution in [-0.2, 0) is 4.79 Å². The van der Waals surface area contributed by atoms with E-state index in [0.29, 0.717) is 22.8 Å². The predicted octanol–water partition coefficient (Wildman–Crippen LogP) is 4.28. The molecule has 0 saturated heterocycles. The minimum atomic E-state index is -1.06. The number of carbonyl (C=O) groups is 2. The summed E-state index contributed by atoms with van der Waals surface area (Å²) in [5.41, 5.74) is 2.05. The molecule has 4 rings (SSSR count). The van der Waals surface area contributed by atoms with Gasteiger partial charge in [0.05, 0.1) is 16.4 Å². The Balaban J connectivity index is 1.95. The van der Waals surface area contributed by atoms with Gasteiger partial charge >= 0.3 is 5.97 Å². The summed E-state index contributed by atoms with van der Waals surface area (Å²) in [7, 11) is 0. The normalized spacial score (nSPS) is 19.9. The first kappa shape index (κ1) is 17.1. The van der Waals surface area contributed by atoms with Crippen LogP contribution < -0.4 is 4.74 Å². The lowest BCUT2D eigenvalue weighted by Crippen LogP contribution is -2.27. The molecule has 2 aliphatic rings. The molecular weight excluding hydrogens is 362 g/mol. The highest BCUT2D eigenvalue weighted by Crippen LogP contribution is 2.48. The number of isothiocyanates is 1. The van der Waals surface area contributed by atoms with Crippen molar-refractivity contribution in [1.82, 2.24) is 0 Å². The van der Waals surface area contributed by atoms with Crippen LogP contribution in [0.2, 0.25) is 0 Å². The van der Waals surface area contributed by atoms with Crippen LogP contribution >= 0.6 is 12.2 Å². The Labute approximate surface area is 160 Å². The molecule has 0 bridgehead atoms. The van der Waals surface area contributed by atoms with Gasteiger partial charge in [0.1, 0.15) is 11.5 Å². The molecule has 1 aliphatic heterocycles. The number of carbonyl (C=O) groups excluding carboxylic acids is 1. The number of thiocarbonyl (C=S) groups is 1. The number of carboxylic acid groups (broad SMARTS) is 1. The SMILES string of the molecule is O=C1C=CC2C(=C1)Oc1ccccc1C2c1ccc(N=C=S)cc1C(=O)O. The summed E-state index contributed by atoms with van der Waals surface area (Å²) < 4.78 is 5.92. The number of allylic oxidation sites excluding steroid dienone is 3. The Hall–Kier alpha value is -3.34. The highest BCUT2D eigenvalue weighted by atomic mass is 32.1. The molecule has 0 spiro atoms. The van der Waals surface area contributed by atoms with Crippen LogP contribution in [0.25, 0.3) is 0 Å². The molecule has 27 heavy (non-hydrogen) atoms. The van der Waals surface area contributed by atoms with Crippen molar-refractivity contribution in [2.75, 3.05) is 0 Å². The number of carboxylic acids is 1. The van der Waals surface area contributed by atoms with E-state index >= 15 is 0 Å². The zero-order chi connectivity index (χ0) is 19.0. The largest absolute Gasteiger partial charge is 0.478 e. The zero-order valence-corrected chi connectivity index (χ0v) is 14.8. The first-order chi connectivity index (χ1) is 13.1. The summed E-state index contributed by atoms with van der Waals surface area (Å²) >= 11 is 4.61. The molecule has 1 aliphatic carbocycles. The molecule has 1 heterocycles. The molecule has 0 fully saturated rings. The Morgan fingerprint density at radius 2 is 2.00 bits per heavy atom. The Morgan fingerprint density at radius 3 is 2.78 bits per heavy atom. The Morgan fingerprint density at radius 1 is 1.19 bits per heavy atom. The van der Waals surface area contributed by atoms with Crippen LogP contribution in [0.5, 0.6) is 5.75 Å². The van der Waals surface area contributed by atoms with Crippen molar-refractivity contribution >= 4 is 34.8 Å². The molecular formula is C21H13NO4S. The van der Waals surface area contributed by atoms with Gasteiger partial charge in [-0.1, -0.05) is 30.3 Å². The van der Waals surface area contributed by atoms with Crippen LogP contribution in [-0.4, -0.2) is 22.0 Å². The van der Waals surface area contributed by atoms with Gasteiger partial charge in [-0.3, -0.25) is 4.79 Å². The number of benzene rings is 2. The van der Waals surface area contributed by atoms with Gasteiger partial charge in [0.25, 0.3) is 0 Å². The molecule has 0 radical (unpaired) electrons. The van der Waals surface area contributed by atoms with Crippen LogP contribution in [0, 0.1) is 5.92 Å². The van der Waals surface area contributed by atoms with Gasteiger partial charge in [0, 0.05) is 23.5 Å². The van der Waals surface area contributed by atoms with E-state index in [2.05, 4.69) is 22.4 Å². The zero-order valence-electron chi connectivity index (χ0n) is 14.0. The molecule has 0 aromatic heterocycles. The summed E-state index contributed by atoms with van der Waals surface area (Å²) in [5.74, 6) is -0.646. The number of rotatable bonds is 3. The Kier molecular flexibility index (Phi) is 4.28. The van der Waals surface area contributed by atoms with Gasteiger partial charge in [-0.15, -0.1) is 0 Å². The minimum absolute atomic E-state index is 0.132. The van der Waals surface area contributed by atoms with Gasteiger partial charge in [-0.05, 0) is 42.1 Å². The lowest BCUT2D eigenvalue weighted by molar-refractivity contribution is -0.110. The summed E-state index contributed by atoms with van der Waals surface area (Å²) in [6.07, 6.45) is 4.72. The van der Waals surface area contributed by atoms with Gasteiger partial charge in [-0.25, -0.2) is 4.79 Å². The average Bonchev–Trinajstić information content (AvgIpc) is 2.66. The van der Waals surface area contributed by atoms with Crippen LogP contribution in [0.3, 0.4) is 0 Å². The van der Waals surface area contributed by atoms with E-state index in [9.17, 15) is 14.7 Å².